The number of alkyl halides is 3. The van der Waals surface area contributed by atoms with E-state index in [1.807, 2.05) is 25.1 Å². The molecule has 7 nitrogen and oxygen atoms in total. The Balaban J connectivity index is 1.92. The zero-order valence-corrected chi connectivity index (χ0v) is 22.6. The van der Waals surface area contributed by atoms with Gasteiger partial charge in [0.1, 0.15) is 12.6 Å². The first-order chi connectivity index (χ1) is 17.8. The topological polar surface area (TPSA) is 86.8 Å². The second-order valence-electron chi connectivity index (χ2n) is 9.79. The van der Waals surface area contributed by atoms with Gasteiger partial charge in [0.25, 0.3) is 0 Å². The molecule has 1 aliphatic rings. The van der Waals surface area contributed by atoms with Crippen molar-refractivity contribution in [3.05, 3.63) is 65.2 Å². The quantitative estimate of drug-likeness (QED) is 0.490. The summed E-state index contributed by atoms with van der Waals surface area (Å²) in [5, 5.41) is 3.00. The minimum atomic E-state index is -4.69. The second kappa shape index (κ2) is 12.2. The molecule has 208 valence electrons. The lowest BCUT2D eigenvalue weighted by Gasteiger charge is -2.33. The van der Waals surface area contributed by atoms with Crippen molar-refractivity contribution in [2.24, 2.45) is 0 Å². The monoisotopic (exact) mass is 553 g/mol. The Morgan fingerprint density at radius 1 is 1.05 bits per heavy atom. The molecule has 1 saturated carbocycles. The van der Waals surface area contributed by atoms with Crippen LogP contribution in [0.25, 0.3) is 0 Å². The van der Waals surface area contributed by atoms with E-state index in [9.17, 15) is 31.2 Å². The van der Waals surface area contributed by atoms with E-state index in [0.29, 0.717) is 10.4 Å². The number of carbonyl (C=O) groups excluding carboxylic acids is 2. The Hall–Kier alpha value is -3.08. The number of amides is 2. The smallest absolute Gasteiger partial charge is 0.352 e. The van der Waals surface area contributed by atoms with Gasteiger partial charge in [-0.15, -0.1) is 0 Å². The van der Waals surface area contributed by atoms with Crippen molar-refractivity contribution < 1.29 is 31.2 Å². The van der Waals surface area contributed by atoms with Crippen molar-refractivity contribution in [3.8, 4) is 0 Å². The number of rotatable bonds is 9. The van der Waals surface area contributed by atoms with Crippen LogP contribution < -0.4 is 9.62 Å². The van der Waals surface area contributed by atoms with Gasteiger partial charge in [-0.3, -0.25) is 13.9 Å². The molecule has 0 radical (unpaired) electrons. The predicted octanol–water partition coefficient (Wildman–Crippen LogP) is 4.65. The molecule has 11 heteroatoms. The minimum Gasteiger partial charge on any atom is -0.352 e. The summed E-state index contributed by atoms with van der Waals surface area (Å²) in [6, 6.07) is 10.2. The Bertz CT molecular complexity index is 1240. The Morgan fingerprint density at radius 3 is 2.32 bits per heavy atom. The molecule has 0 aromatic heterocycles. The zero-order chi connectivity index (χ0) is 28.1. The van der Waals surface area contributed by atoms with Crippen molar-refractivity contribution in [2.45, 2.75) is 70.8 Å². The Labute approximate surface area is 222 Å². The average molecular weight is 554 g/mol. The summed E-state index contributed by atoms with van der Waals surface area (Å²) in [5.74, 6) is -1.06. The number of benzene rings is 2. The molecule has 0 bridgehead atoms. The maximum atomic E-state index is 13.6. The fourth-order valence-electron chi connectivity index (χ4n) is 4.57. The van der Waals surface area contributed by atoms with Gasteiger partial charge in [0, 0.05) is 12.6 Å². The molecule has 1 unspecified atom stereocenters. The molecule has 0 heterocycles. The van der Waals surface area contributed by atoms with Crippen molar-refractivity contribution >= 4 is 27.5 Å². The number of nitrogens with zero attached hydrogens (tertiary/aromatic N) is 2. The molecule has 1 atom stereocenters. The lowest BCUT2D eigenvalue weighted by atomic mass is 9.95. The minimum absolute atomic E-state index is 0.00624. The van der Waals surface area contributed by atoms with Crippen LogP contribution in [0.4, 0.5) is 18.9 Å². The molecule has 1 fully saturated rings. The van der Waals surface area contributed by atoms with E-state index in [-0.39, 0.29) is 24.2 Å². The van der Waals surface area contributed by atoms with Crippen molar-refractivity contribution in [1.29, 1.82) is 0 Å². The van der Waals surface area contributed by atoms with Gasteiger partial charge in [0.05, 0.1) is 17.5 Å². The van der Waals surface area contributed by atoms with Crippen LogP contribution in [0.5, 0.6) is 0 Å². The van der Waals surface area contributed by atoms with Gasteiger partial charge in [0.2, 0.25) is 21.8 Å². The van der Waals surface area contributed by atoms with Gasteiger partial charge >= 0.3 is 6.18 Å². The van der Waals surface area contributed by atoms with Crippen LogP contribution >= 0.6 is 0 Å². The van der Waals surface area contributed by atoms with E-state index in [4.69, 9.17) is 0 Å². The first kappa shape index (κ1) is 29.5. The van der Waals surface area contributed by atoms with Gasteiger partial charge in [-0.2, -0.15) is 13.2 Å². The summed E-state index contributed by atoms with van der Waals surface area (Å²) in [5.41, 5.74) is 0.324. The summed E-state index contributed by atoms with van der Waals surface area (Å²) in [7, 11) is -4.14. The standard InChI is InChI=1S/C27H34F3N3O4S/c1-19-10-7-8-11-21(19)17-32(20(2)26(35)31-23-13-5-4-6-14-23)25(34)18-33(38(3,36)37)24-15-9-12-22(16-24)27(28,29)30/h7-12,15-16,20,23H,4-6,13-14,17-18H2,1-3H3,(H,31,35). The Morgan fingerprint density at radius 2 is 1.71 bits per heavy atom. The van der Waals surface area contributed by atoms with Crippen LogP contribution in [0, 0.1) is 6.92 Å². The van der Waals surface area contributed by atoms with Crippen LogP contribution in [0.15, 0.2) is 48.5 Å². The van der Waals surface area contributed by atoms with Crippen LogP contribution in [-0.2, 0) is 32.3 Å². The van der Waals surface area contributed by atoms with E-state index < -0.39 is 40.3 Å². The molecule has 1 N–H and O–H groups in total. The first-order valence-corrected chi connectivity index (χ1v) is 14.4. The summed E-state index contributed by atoms with van der Waals surface area (Å²) in [6.07, 6.45) is 0.952. The lowest BCUT2D eigenvalue weighted by Crippen LogP contribution is -2.53. The van der Waals surface area contributed by atoms with Gasteiger partial charge in [0.15, 0.2) is 0 Å². The zero-order valence-electron chi connectivity index (χ0n) is 21.8. The van der Waals surface area contributed by atoms with Gasteiger partial charge in [-0.25, -0.2) is 8.42 Å². The number of sulfonamides is 1. The number of hydrogen-bond acceptors (Lipinski definition) is 4. The predicted molar refractivity (Wildman–Crippen MR) is 140 cm³/mol. The van der Waals surface area contributed by atoms with E-state index in [1.54, 1.807) is 13.0 Å². The molecule has 38 heavy (non-hydrogen) atoms. The number of nitrogens with one attached hydrogen (secondary N) is 1. The molecule has 3 rings (SSSR count). The van der Waals surface area contributed by atoms with Crippen LogP contribution in [-0.4, -0.2) is 50.0 Å². The molecular formula is C27H34F3N3O4S. The van der Waals surface area contributed by atoms with Crippen LogP contribution in [0.3, 0.4) is 0 Å². The molecule has 0 saturated heterocycles. The van der Waals surface area contributed by atoms with Crippen LogP contribution in [0.1, 0.15) is 55.7 Å². The fourth-order valence-corrected chi connectivity index (χ4v) is 5.41. The average Bonchev–Trinajstić information content (AvgIpc) is 2.85. The largest absolute Gasteiger partial charge is 0.416 e. The van der Waals surface area contributed by atoms with Crippen molar-refractivity contribution in [3.63, 3.8) is 0 Å². The first-order valence-electron chi connectivity index (χ1n) is 12.6. The van der Waals surface area contributed by atoms with Gasteiger partial charge in [-0.05, 0) is 56.0 Å². The SMILES string of the molecule is Cc1ccccc1CN(C(=O)CN(c1cccc(C(F)(F)F)c1)S(C)(=O)=O)C(C)C(=O)NC1CCCCC1. The summed E-state index contributed by atoms with van der Waals surface area (Å²) in [6.45, 7) is 2.71. The van der Waals surface area contributed by atoms with E-state index in [2.05, 4.69) is 5.32 Å². The number of carbonyl (C=O) groups is 2. The molecular weight excluding hydrogens is 519 g/mol. The fraction of sp³-hybridized carbons (Fsp3) is 0.481. The highest BCUT2D eigenvalue weighted by Crippen LogP contribution is 2.32. The van der Waals surface area contributed by atoms with Gasteiger partial charge < -0.3 is 10.2 Å². The number of hydrogen-bond donors (Lipinski definition) is 1. The molecule has 2 aromatic carbocycles. The maximum absolute atomic E-state index is 13.6. The molecule has 2 amide bonds. The Kier molecular flexibility index (Phi) is 9.45. The number of halogens is 3. The van der Waals surface area contributed by atoms with Crippen molar-refractivity contribution in [1.82, 2.24) is 10.2 Å². The van der Waals surface area contributed by atoms with Crippen LogP contribution in [0.2, 0.25) is 0 Å². The molecule has 1 aliphatic carbocycles. The normalized spacial score (nSPS) is 15.5. The van der Waals surface area contributed by atoms with E-state index >= 15 is 0 Å². The second-order valence-corrected chi connectivity index (χ2v) is 11.7. The summed E-state index contributed by atoms with van der Waals surface area (Å²) < 4.78 is 65.8. The third-order valence-corrected chi connectivity index (χ3v) is 8.00. The highest BCUT2D eigenvalue weighted by atomic mass is 32.2. The highest BCUT2D eigenvalue weighted by Gasteiger charge is 2.34. The highest BCUT2D eigenvalue weighted by molar-refractivity contribution is 7.92. The third kappa shape index (κ3) is 7.72. The molecule has 0 spiro atoms. The van der Waals surface area contributed by atoms with Gasteiger partial charge in [-0.1, -0.05) is 49.6 Å². The number of aryl methyl sites for hydroxylation is 1. The molecule has 2 aromatic rings. The summed E-state index contributed by atoms with van der Waals surface area (Å²) in [4.78, 5) is 28.1. The van der Waals surface area contributed by atoms with Crippen molar-refractivity contribution in [2.75, 3.05) is 17.1 Å². The van der Waals surface area contributed by atoms with E-state index in [1.165, 1.54) is 11.0 Å². The van der Waals surface area contributed by atoms with E-state index in [0.717, 1.165) is 61.6 Å². The summed E-state index contributed by atoms with van der Waals surface area (Å²) >= 11 is 0. The third-order valence-electron chi connectivity index (χ3n) is 6.86. The lowest BCUT2D eigenvalue weighted by molar-refractivity contribution is -0.139. The molecule has 0 aliphatic heterocycles. The maximum Gasteiger partial charge on any atom is 0.416 e. The number of anilines is 1.